The van der Waals surface area contributed by atoms with Gasteiger partial charge in [0.1, 0.15) is 5.54 Å². The summed E-state index contributed by atoms with van der Waals surface area (Å²) >= 11 is 0. The molecule has 38 heavy (non-hydrogen) atoms. The fraction of sp³-hybridized carbons (Fsp3) is 0.690. The van der Waals surface area contributed by atoms with Crippen molar-refractivity contribution in [1.82, 2.24) is 20.4 Å². The highest BCUT2D eigenvalue weighted by Gasteiger charge is 2.48. The standard InChI is InChI=1S/C29H46N6O3/c1-2-3-13-29(20-23-7-5-4-6-8-23)26(36)35(27(30)33-29)22-25-11-9-24(10-12-25)21-32-28(37)31-14-15-34-16-18-38-19-17-34/h9-12,23H,2-8,13-22H2,1H3,(H2,30,33)(H2,31,32,37). The molecule has 1 atom stereocenters. The molecule has 1 unspecified atom stereocenters. The van der Waals surface area contributed by atoms with Crippen LogP contribution in [0.3, 0.4) is 0 Å². The number of amides is 3. The lowest BCUT2D eigenvalue weighted by atomic mass is 9.77. The first-order chi connectivity index (χ1) is 18.5. The molecule has 0 bridgehead atoms. The molecule has 1 aromatic rings. The number of ether oxygens (including phenoxy) is 1. The monoisotopic (exact) mass is 526 g/mol. The first-order valence-corrected chi connectivity index (χ1v) is 14.6. The number of nitrogens with one attached hydrogen (secondary N) is 2. The van der Waals surface area contributed by atoms with Crippen molar-refractivity contribution in [2.45, 2.75) is 83.3 Å². The van der Waals surface area contributed by atoms with E-state index in [-0.39, 0.29) is 11.9 Å². The van der Waals surface area contributed by atoms with Crippen LogP contribution < -0.4 is 16.4 Å². The van der Waals surface area contributed by atoms with Gasteiger partial charge in [0.25, 0.3) is 5.91 Å². The third-order valence-electron chi connectivity index (χ3n) is 8.18. The van der Waals surface area contributed by atoms with E-state index in [1.807, 2.05) is 24.3 Å². The van der Waals surface area contributed by atoms with Gasteiger partial charge in [-0.3, -0.25) is 14.6 Å². The number of hydrogen-bond acceptors (Lipinski definition) is 6. The van der Waals surface area contributed by atoms with Gasteiger partial charge < -0.3 is 21.1 Å². The SMILES string of the molecule is CCCCC1(CC2CCCCC2)N=C(N)N(Cc2ccc(CNC(=O)NCCN3CCOCC3)cc2)C1=O. The minimum atomic E-state index is -0.693. The molecule has 2 aliphatic heterocycles. The molecule has 1 aliphatic carbocycles. The van der Waals surface area contributed by atoms with Crippen LogP contribution in [0, 0.1) is 5.92 Å². The number of carbonyl (C=O) groups is 2. The highest BCUT2D eigenvalue weighted by Crippen LogP contribution is 2.39. The Morgan fingerprint density at radius 3 is 2.53 bits per heavy atom. The zero-order valence-electron chi connectivity index (χ0n) is 23.1. The van der Waals surface area contributed by atoms with Gasteiger partial charge >= 0.3 is 6.03 Å². The predicted molar refractivity (Wildman–Crippen MR) is 150 cm³/mol. The highest BCUT2D eigenvalue weighted by atomic mass is 16.5. The Kier molecular flexibility index (Phi) is 10.4. The quantitative estimate of drug-likeness (QED) is 0.387. The number of nitrogens with zero attached hydrogens (tertiary/aromatic N) is 3. The van der Waals surface area contributed by atoms with Crippen molar-refractivity contribution in [3.05, 3.63) is 35.4 Å². The van der Waals surface area contributed by atoms with E-state index in [1.165, 1.54) is 32.1 Å². The van der Waals surface area contributed by atoms with Crippen molar-refractivity contribution in [2.75, 3.05) is 39.4 Å². The summed E-state index contributed by atoms with van der Waals surface area (Å²) in [6.07, 6.45) is 9.80. The lowest BCUT2D eigenvalue weighted by molar-refractivity contribution is -0.132. The first-order valence-electron chi connectivity index (χ1n) is 14.6. The summed E-state index contributed by atoms with van der Waals surface area (Å²) < 4.78 is 5.35. The van der Waals surface area contributed by atoms with E-state index in [0.717, 1.165) is 69.7 Å². The molecular weight excluding hydrogens is 480 g/mol. The van der Waals surface area contributed by atoms with E-state index in [4.69, 9.17) is 15.5 Å². The van der Waals surface area contributed by atoms with Gasteiger partial charge in [-0.05, 0) is 29.9 Å². The van der Waals surface area contributed by atoms with Gasteiger partial charge in [0, 0.05) is 32.7 Å². The lowest BCUT2D eigenvalue weighted by Crippen LogP contribution is -2.45. The Morgan fingerprint density at radius 1 is 1.11 bits per heavy atom. The molecule has 9 heteroatoms. The Morgan fingerprint density at radius 2 is 1.82 bits per heavy atom. The molecule has 1 saturated carbocycles. The highest BCUT2D eigenvalue weighted by molar-refractivity contribution is 6.06. The van der Waals surface area contributed by atoms with Crippen molar-refractivity contribution in [1.29, 1.82) is 0 Å². The average Bonchev–Trinajstić information content (AvgIpc) is 3.16. The summed E-state index contributed by atoms with van der Waals surface area (Å²) in [6, 6.07) is 7.81. The number of aliphatic imine (C=N–C) groups is 1. The number of nitrogens with two attached hydrogens (primary N) is 1. The number of hydrogen-bond donors (Lipinski definition) is 3. The maximum absolute atomic E-state index is 13.7. The van der Waals surface area contributed by atoms with Gasteiger partial charge in [-0.15, -0.1) is 0 Å². The fourth-order valence-electron chi connectivity index (χ4n) is 5.91. The van der Waals surface area contributed by atoms with Crippen LogP contribution in [0.4, 0.5) is 4.79 Å². The van der Waals surface area contributed by atoms with Crippen LogP contribution in [0.25, 0.3) is 0 Å². The molecule has 4 rings (SSSR count). The second-order valence-corrected chi connectivity index (χ2v) is 11.1. The largest absolute Gasteiger partial charge is 0.379 e. The first kappa shape index (κ1) is 28.4. The van der Waals surface area contributed by atoms with Crippen molar-refractivity contribution < 1.29 is 14.3 Å². The fourth-order valence-corrected chi connectivity index (χ4v) is 5.91. The molecule has 2 heterocycles. The number of guanidine groups is 1. The van der Waals surface area contributed by atoms with Crippen LogP contribution in [0.15, 0.2) is 29.3 Å². The minimum Gasteiger partial charge on any atom is -0.379 e. The second-order valence-electron chi connectivity index (χ2n) is 11.1. The van der Waals surface area contributed by atoms with E-state index in [0.29, 0.717) is 31.5 Å². The van der Waals surface area contributed by atoms with Crippen LogP contribution in [0.5, 0.6) is 0 Å². The summed E-state index contributed by atoms with van der Waals surface area (Å²) in [5, 5.41) is 5.83. The molecule has 1 aromatic carbocycles. The number of unbranched alkanes of at least 4 members (excludes halogenated alkanes) is 1. The summed E-state index contributed by atoms with van der Waals surface area (Å²) in [7, 11) is 0. The third-order valence-corrected chi connectivity index (χ3v) is 8.18. The normalized spacial score (nSPS) is 22.9. The minimum absolute atomic E-state index is 0.0634. The van der Waals surface area contributed by atoms with Crippen molar-refractivity contribution in [2.24, 2.45) is 16.6 Å². The van der Waals surface area contributed by atoms with Gasteiger partial charge in [-0.25, -0.2) is 9.79 Å². The van der Waals surface area contributed by atoms with E-state index in [1.54, 1.807) is 4.90 Å². The van der Waals surface area contributed by atoms with Gasteiger partial charge in [0.05, 0.1) is 19.8 Å². The molecule has 2 fully saturated rings. The number of carbonyl (C=O) groups excluding carboxylic acids is 2. The Hall–Kier alpha value is -2.65. The molecule has 0 aromatic heterocycles. The molecule has 4 N–H and O–H groups in total. The Labute approximate surface area is 227 Å². The van der Waals surface area contributed by atoms with E-state index < -0.39 is 5.54 Å². The number of rotatable bonds is 12. The maximum atomic E-state index is 13.7. The molecule has 210 valence electrons. The Balaban J connectivity index is 1.26. The predicted octanol–water partition coefficient (Wildman–Crippen LogP) is 3.37. The van der Waals surface area contributed by atoms with Gasteiger partial charge in [0.2, 0.25) is 0 Å². The van der Waals surface area contributed by atoms with Crippen molar-refractivity contribution in [3.8, 4) is 0 Å². The molecule has 3 aliphatic rings. The second kappa shape index (κ2) is 13.9. The molecule has 1 saturated heterocycles. The third kappa shape index (κ3) is 7.69. The maximum Gasteiger partial charge on any atom is 0.315 e. The van der Waals surface area contributed by atoms with Crippen LogP contribution >= 0.6 is 0 Å². The molecule has 0 spiro atoms. The average molecular weight is 527 g/mol. The van der Waals surface area contributed by atoms with E-state index >= 15 is 0 Å². The zero-order chi connectivity index (χ0) is 26.8. The van der Waals surface area contributed by atoms with Crippen molar-refractivity contribution in [3.63, 3.8) is 0 Å². The Bertz CT molecular complexity index is 940. The number of morpholine rings is 1. The molecule has 3 amide bonds. The molecule has 0 radical (unpaired) electrons. The summed E-state index contributed by atoms with van der Waals surface area (Å²) in [5.74, 6) is 0.972. The lowest BCUT2D eigenvalue weighted by Gasteiger charge is -2.32. The van der Waals surface area contributed by atoms with Gasteiger partial charge in [0.15, 0.2) is 5.96 Å². The van der Waals surface area contributed by atoms with Gasteiger partial charge in [-0.1, -0.05) is 76.1 Å². The van der Waals surface area contributed by atoms with Crippen molar-refractivity contribution >= 4 is 17.9 Å². The summed E-state index contributed by atoms with van der Waals surface area (Å²) in [5.41, 5.74) is 7.67. The zero-order valence-corrected chi connectivity index (χ0v) is 23.1. The van der Waals surface area contributed by atoms with E-state index in [9.17, 15) is 9.59 Å². The van der Waals surface area contributed by atoms with E-state index in [2.05, 4.69) is 22.5 Å². The topological polar surface area (TPSA) is 112 Å². The smallest absolute Gasteiger partial charge is 0.315 e. The van der Waals surface area contributed by atoms with Crippen LogP contribution in [-0.4, -0.2) is 72.6 Å². The van der Waals surface area contributed by atoms with Gasteiger partial charge in [-0.2, -0.15) is 0 Å². The summed E-state index contributed by atoms with van der Waals surface area (Å²) in [6.45, 7) is 7.80. The number of urea groups is 1. The summed E-state index contributed by atoms with van der Waals surface area (Å²) in [4.78, 5) is 34.7. The van der Waals surface area contributed by atoms with Crippen LogP contribution in [-0.2, 0) is 22.6 Å². The van der Waals surface area contributed by atoms with Crippen LogP contribution in [0.2, 0.25) is 0 Å². The molecular formula is C29H46N6O3. The van der Waals surface area contributed by atoms with Crippen LogP contribution in [0.1, 0.15) is 75.8 Å². The molecule has 9 nitrogen and oxygen atoms in total. The number of benzene rings is 1.